The molecule has 11 heteroatoms. The minimum absolute atomic E-state index is 0.0886. The van der Waals surface area contributed by atoms with Gasteiger partial charge in [-0.15, -0.1) is 10.1 Å². The summed E-state index contributed by atoms with van der Waals surface area (Å²) in [5, 5.41) is 48.1. The molecule has 3 aliphatic rings. The Balaban J connectivity index is 2.16. The Morgan fingerprint density at radius 1 is 0.926 bits per heavy atom. The number of phenolic OH excluding ortho intramolecular Hbond substituents is 3. The van der Waals surface area contributed by atoms with Crippen molar-refractivity contribution in [1.82, 2.24) is 0 Å². The van der Waals surface area contributed by atoms with Crippen LogP contribution in [0.2, 0.25) is 0 Å². The molecule has 4 N–H and O–H groups in total. The molecule has 0 saturated carbocycles. The van der Waals surface area contributed by atoms with Gasteiger partial charge < -0.3 is 24.8 Å². The van der Waals surface area contributed by atoms with Crippen LogP contribution in [0.15, 0.2) is 32.2 Å². The highest BCUT2D eigenvalue weighted by molar-refractivity contribution is 6.03. The van der Waals surface area contributed by atoms with Gasteiger partial charge in [-0.05, 0) is 18.2 Å². The Morgan fingerprint density at radius 2 is 1.59 bits per heavy atom. The Labute approximate surface area is 146 Å². The fourth-order valence-corrected chi connectivity index (χ4v) is 2.88. The van der Waals surface area contributed by atoms with Gasteiger partial charge in [-0.2, -0.15) is 0 Å². The molecule has 0 fully saturated rings. The van der Waals surface area contributed by atoms with E-state index < -0.39 is 72.5 Å². The zero-order valence-electron chi connectivity index (χ0n) is 12.9. The second kappa shape index (κ2) is 5.11. The number of hydrogen-bond acceptors (Lipinski definition) is 10. The Kier molecular flexibility index (Phi) is 3.07. The largest absolute Gasteiger partial charge is 0.506 e. The van der Waals surface area contributed by atoms with Crippen LogP contribution in [0.4, 0.5) is 0 Å². The summed E-state index contributed by atoms with van der Waals surface area (Å²) in [5.41, 5.74) is -2.18. The van der Waals surface area contributed by atoms with Crippen LogP contribution in [0.3, 0.4) is 0 Å². The van der Waals surface area contributed by atoms with E-state index in [0.717, 1.165) is 12.1 Å². The molecule has 0 saturated heterocycles. The predicted octanol–water partition coefficient (Wildman–Crippen LogP) is 1.19. The molecule has 0 spiro atoms. The summed E-state index contributed by atoms with van der Waals surface area (Å²) in [6.07, 6.45) is 0. The van der Waals surface area contributed by atoms with Gasteiger partial charge >= 0.3 is 0 Å². The third-order valence-electron chi connectivity index (χ3n) is 4.10. The molecular formula is C16H7NO10. The lowest BCUT2D eigenvalue weighted by Gasteiger charge is -2.19. The molecule has 1 heterocycles. The fourth-order valence-electron chi connectivity index (χ4n) is 2.88. The number of hydrogen-bond donors (Lipinski definition) is 4. The SMILES string of the molecule is O=c1c2c3oc(-c4ccc(O)c(O)c4)c(O[N+](=O)[O-])c(O)c-3c(O)c1c2=O. The molecule has 11 nitrogen and oxygen atoms in total. The van der Waals surface area contributed by atoms with E-state index in [0.29, 0.717) is 0 Å². The average molecular weight is 373 g/mol. The number of benzene rings is 3. The summed E-state index contributed by atoms with van der Waals surface area (Å²) in [5.74, 6) is -4.78. The number of aromatic hydroxyl groups is 4. The number of nitrogens with zero attached hydrogens (tertiary/aromatic N) is 1. The normalized spacial score (nSPS) is 11.4. The van der Waals surface area contributed by atoms with Crippen molar-refractivity contribution in [3.05, 3.63) is 48.8 Å². The standard InChI is InChI=1S/C16H7NO10/c18-5-2-1-4(3-6(5)19)14-16(27-17(24)25)13(23)9-12(22)7-10(20)8(11(7)21)15(9)26-14/h1-3,18-19,22-23H. The monoisotopic (exact) mass is 373 g/mol. The summed E-state index contributed by atoms with van der Waals surface area (Å²) in [4.78, 5) is 39.0. The van der Waals surface area contributed by atoms with Gasteiger partial charge in [0.05, 0.1) is 0 Å². The maximum Gasteiger partial charge on any atom is 0.300 e. The Bertz CT molecular complexity index is 1280. The van der Waals surface area contributed by atoms with Gasteiger partial charge in [-0.25, -0.2) is 0 Å². The summed E-state index contributed by atoms with van der Waals surface area (Å²) in [6.45, 7) is 0. The zero-order valence-corrected chi connectivity index (χ0v) is 12.9. The first-order chi connectivity index (χ1) is 12.7. The maximum atomic E-state index is 11.9. The van der Waals surface area contributed by atoms with E-state index in [4.69, 9.17) is 4.42 Å². The van der Waals surface area contributed by atoms with Crippen molar-refractivity contribution >= 4 is 10.8 Å². The number of rotatable bonds is 3. The van der Waals surface area contributed by atoms with E-state index in [-0.39, 0.29) is 5.56 Å². The van der Waals surface area contributed by atoms with Crippen LogP contribution in [0.25, 0.3) is 33.4 Å². The summed E-state index contributed by atoms with van der Waals surface area (Å²) in [7, 11) is 0. The highest BCUT2D eigenvalue weighted by Crippen LogP contribution is 2.52. The molecule has 2 aliphatic carbocycles. The second-order valence-corrected chi connectivity index (χ2v) is 5.59. The van der Waals surface area contributed by atoms with Gasteiger partial charge in [0.25, 0.3) is 5.09 Å². The molecule has 0 atom stereocenters. The minimum Gasteiger partial charge on any atom is -0.506 e. The van der Waals surface area contributed by atoms with Crippen molar-refractivity contribution < 1.29 is 34.8 Å². The zero-order chi connectivity index (χ0) is 19.6. The van der Waals surface area contributed by atoms with Crippen LogP contribution in [-0.2, 0) is 0 Å². The summed E-state index contributed by atoms with van der Waals surface area (Å²) in [6, 6.07) is 3.16. The lowest BCUT2D eigenvalue weighted by Crippen LogP contribution is -2.28. The van der Waals surface area contributed by atoms with Crippen LogP contribution >= 0.6 is 0 Å². The lowest BCUT2D eigenvalue weighted by atomic mass is 9.93. The molecule has 1 aliphatic heterocycles. The van der Waals surface area contributed by atoms with E-state index in [1.807, 2.05) is 0 Å². The van der Waals surface area contributed by atoms with Gasteiger partial charge in [0, 0.05) is 5.56 Å². The molecule has 0 aromatic heterocycles. The summed E-state index contributed by atoms with van der Waals surface area (Å²) < 4.78 is 5.40. The van der Waals surface area contributed by atoms with E-state index >= 15 is 0 Å². The van der Waals surface area contributed by atoms with E-state index in [1.54, 1.807) is 0 Å². The molecule has 5 rings (SSSR count). The van der Waals surface area contributed by atoms with Gasteiger partial charge in [-0.1, -0.05) is 0 Å². The van der Waals surface area contributed by atoms with Gasteiger partial charge in [0.1, 0.15) is 22.1 Å². The molecule has 0 amide bonds. The molecule has 2 bridgehead atoms. The average Bonchev–Trinajstić information content (AvgIpc) is 2.59. The molecule has 2 aromatic carbocycles. The van der Waals surface area contributed by atoms with Crippen molar-refractivity contribution in [3.8, 4) is 51.4 Å². The van der Waals surface area contributed by atoms with Crippen molar-refractivity contribution in [1.29, 1.82) is 0 Å². The first-order valence-corrected chi connectivity index (χ1v) is 7.20. The second-order valence-electron chi connectivity index (χ2n) is 5.59. The van der Waals surface area contributed by atoms with Crippen LogP contribution in [0.5, 0.6) is 28.7 Å². The molecule has 0 radical (unpaired) electrons. The smallest absolute Gasteiger partial charge is 0.300 e. The van der Waals surface area contributed by atoms with Crippen LogP contribution < -0.4 is 15.7 Å². The van der Waals surface area contributed by atoms with Crippen LogP contribution in [-0.4, -0.2) is 25.5 Å². The van der Waals surface area contributed by atoms with Gasteiger partial charge in [0.15, 0.2) is 28.8 Å². The van der Waals surface area contributed by atoms with Crippen molar-refractivity contribution in [2.24, 2.45) is 0 Å². The molecule has 27 heavy (non-hydrogen) atoms. The fraction of sp³-hybridized carbons (Fsp3) is 0. The molecular weight excluding hydrogens is 366 g/mol. The van der Waals surface area contributed by atoms with Gasteiger partial charge in [-0.3, -0.25) is 14.4 Å². The number of phenols is 4. The van der Waals surface area contributed by atoms with Crippen molar-refractivity contribution in [3.63, 3.8) is 0 Å². The van der Waals surface area contributed by atoms with Gasteiger partial charge in [0.2, 0.25) is 16.6 Å². The Hall–Kier alpha value is -4.28. The minimum atomic E-state index is -1.25. The highest BCUT2D eigenvalue weighted by Gasteiger charge is 2.35. The maximum absolute atomic E-state index is 11.9. The quantitative estimate of drug-likeness (QED) is 0.231. The molecule has 0 unspecified atom stereocenters. The van der Waals surface area contributed by atoms with E-state index in [9.17, 15) is 40.1 Å². The third-order valence-corrected chi connectivity index (χ3v) is 4.10. The Morgan fingerprint density at radius 3 is 2.19 bits per heavy atom. The predicted molar refractivity (Wildman–Crippen MR) is 87.5 cm³/mol. The van der Waals surface area contributed by atoms with Crippen molar-refractivity contribution in [2.45, 2.75) is 0 Å². The van der Waals surface area contributed by atoms with Crippen LogP contribution in [0.1, 0.15) is 0 Å². The first kappa shape index (κ1) is 16.2. The molecule has 2 aromatic rings. The van der Waals surface area contributed by atoms with E-state index in [1.165, 1.54) is 6.07 Å². The topological polar surface area (TPSA) is 181 Å². The molecule has 136 valence electrons. The first-order valence-electron chi connectivity index (χ1n) is 7.20. The third kappa shape index (κ3) is 2.02. The summed E-state index contributed by atoms with van der Waals surface area (Å²) >= 11 is 0. The van der Waals surface area contributed by atoms with Crippen LogP contribution in [0, 0.1) is 10.1 Å². The highest BCUT2D eigenvalue weighted by atomic mass is 17.0. The van der Waals surface area contributed by atoms with E-state index in [2.05, 4.69) is 4.84 Å². The lowest BCUT2D eigenvalue weighted by molar-refractivity contribution is -0.711. The van der Waals surface area contributed by atoms with Crippen molar-refractivity contribution in [2.75, 3.05) is 0 Å².